The third-order valence-electron chi connectivity index (χ3n) is 4.06. The van der Waals surface area contributed by atoms with Gasteiger partial charge >= 0.3 is 6.18 Å². The zero-order valence-corrected chi connectivity index (χ0v) is 14.3. The van der Waals surface area contributed by atoms with Crippen molar-refractivity contribution in [1.82, 2.24) is 9.97 Å². The molecule has 1 aliphatic carbocycles. The molecule has 8 heteroatoms. The molecule has 140 valence electrons. The highest BCUT2D eigenvalue weighted by Crippen LogP contribution is 2.35. The number of anilines is 2. The Morgan fingerprint density at radius 1 is 1.15 bits per heavy atom. The summed E-state index contributed by atoms with van der Waals surface area (Å²) >= 11 is 0. The summed E-state index contributed by atoms with van der Waals surface area (Å²) < 4.78 is 49.7. The molecule has 2 aromatic rings. The molecule has 1 fully saturated rings. The van der Waals surface area contributed by atoms with Gasteiger partial charge in [-0.2, -0.15) is 18.2 Å². The Labute approximate surface area is 149 Å². The fourth-order valence-electron chi connectivity index (χ4n) is 2.81. The zero-order chi connectivity index (χ0) is 18.6. The summed E-state index contributed by atoms with van der Waals surface area (Å²) in [6.07, 6.45) is 0.940. The molecule has 1 aliphatic rings. The Bertz CT molecular complexity index is 729. The monoisotopic (exact) mass is 367 g/mol. The standard InChI is InChI=1S/C18H20F3N3O2/c1-2-25-16-15(18(19,20)21)11-22-17(24-16)23-12-7-9-14(10-8-12)26-13-5-3-4-6-13/h7-11,13H,2-6H2,1H3,(H,22,23,24). The zero-order valence-electron chi connectivity index (χ0n) is 14.3. The number of nitrogens with zero attached hydrogens (tertiary/aromatic N) is 2. The summed E-state index contributed by atoms with van der Waals surface area (Å²) in [7, 11) is 0. The maximum atomic E-state index is 12.9. The maximum Gasteiger partial charge on any atom is 0.423 e. The van der Waals surface area contributed by atoms with E-state index in [1.807, 2.05) is 12.1 Å². The van der Waals surface area contributed by atoms with Crippen LogP contribution in [-0.4, -0.2) is 22.7 Å². The first-order valence-electron chi connectivity index (χ1n) is 8.56. The number of ether oxygens (including phenoxy) is 2. The smallest absolute Gasteiger partial charge is 0.423 e. The number of halogens is 3. The lowest BCUT2D eigenvalue weighted by Gasteiger charge is -2.14. The third-order valence-corrected chi connectivity index (χ3v) is 4.06. The van der Waals surface area contributed by atoms with E-state index in [0.717, 1.165) is 24.8 Å². The highest BCUT2D eigenvalue weighted by atomic mass is 19.4. The SMILES string of the molecule is CCOc1nc(Nc2ccc(OC3CCCC3)cc2)ncc1C(F)(F)F. The minimum atomic E-state index is -4.57. The van der Waals surface area contributed by atoms with Gasteiger partial charge in [0, 0.05) is 11.9 Å². The van der Waals surface area contributed by atoms with Crippen LogP contribution in [0.1, 0.15) is 38.2 Å². The van der Waals surface area contributed by atoms with Gasteiger partial charge in [0.1, 0.15) is 11.3 Å². The largest absolute Gasteiger partial charge is 0.490 e. The van der Waals surface area contributed by atoms with Crippen molar-refractivity contribution in [2.24, 2.45) is 0 Å². The second-order valence-corrected chi connectivity index (χ2v) is 6.02. The van der Waals surface area contributed by atoms with Gasteiger partial charge in [0.15, 0.2) is 0 Å². The van der Waals surface area contributed by atoms with Crippen molar-refractivity contribution in [2.45, 2.75) is 44.9 Å². The van der Waals surface area contributed by atoms with E-state index in [4.69, 9.17) is 9.47 Å². The first-order valence-corrected chi connectivity index (χ1v) is 8.56. The summed E-state index contributed by atoms with van der Waals surface area (Å²) in [6, 6.07) is 7.17. The lowest BCUT2D eigenvalue weighted by molar-refractivity contribution is -0.139. The van der Waals surface area contributed by atoms with Gasteiger partial charge < -0.3 is 14.8 Å². The lowest BCUT2D eigenvalue weighted by Crippen LogP contribution is -2.12. The van der Waals surface area contributed by atoms with Crippen LogP contribution in [0.5, 0.6) is 11.6 Å². The molecule has 1 saturated carbocycles. The number of hydrogen-bond donors (Lipinski definition) is 1. The van der Waals surface area contributed by atoms with Crippen molar-refractivity contribution < 1.29 is 22.6 Å². The van der Waals surface area contributed by atoms with Crippen LogP contribution in [0.3, 0.4) is 0 Å². The predicted octanol–water partition coefficient (Wildman–Crippen LogP) is 4.96. The number of benzene rings is 1. The molecule has 26 heavy (non-hydrogen) atoms. The van der Waals surface area contributed by atoms with Crippen molar-refractivity contribution >= 4 is 11.6 Å². The molecule has 1 aromatic carbocycles. The van der Waals surface area contributed by atoms with Crippen LogP contribution in [0, 0.1) is 0 Å². The Hall–Kier alpha value is -2.51. The summed E-state index contributed by atoms with van der Waals surface area (Å²) in [5.41, 5.74) is -0.351. The van der Waals surface area contributed by atoms with E-state index in [1.165, 1.54) is 12.8 Å². The van der Waals surface area contributed by atoms with Crippen LogP contribution in [0.15, 0.2) is 30.5 Å². The van der Waals surface area contributed by atoms with Gasteiger partial charge in [-0.25, -0.2) is 4.98 Å². The van der Waals surface area contributed by atoms with Gasteiger partial charge in [0.25, 0.3) is 0 Å². The second-order valence-electron chi connectivity index (χ2n) is 6.02. The van der Waals surface area contributed by atoms with E-state index in [0.29, 0.717) is 5.69 Å². The van der Waals surface area contributed by atoms with Gasteiger partial charge in [0.2, 0.25) is 11.8 Å². The Morgan fingerprint density at radius 3 is 2.46 bits per heavy atom. The van der Waals surface area contributed by atoms with Crippen molar-refractivity contribution in [3.63, 3.8) is 0 Å². The molecule has 3 rings (SSSR count). The molecule has 1 heterocycles. The normalized spacial score (nSPS) is 15.1. The Morgan fingerprint density at radius 2 is 1.85 bits per heavy atom. The molecule has 0 bridgehead atoms. The van der Waals surface area contributed by atoms with E-state index in [-0.39, 0.29) is 18.7 Å². The number of nitrogens with one attached hydrogen (secondary N) is 1. The van der Waals surface area contributed by atoms with Crippen LogP contribution < -0.4 is 14.8 Å². The van der Waals surface area contributed by atoms with Crippen LogP contribution >= 0.6 is 0 Å². The fourth-order valence-corrected chi connectivity index (χ4v) is 2.81. The van der Waals surface area contributed by atoms with E-state index < -0.39 is 17.6 Å². The van der Waals surface area contributed by atoms with Gasteiger partial charge in [-0.15, -0.1) is 0 Å². The molecule has 0 unspecified atom stereocenters. The summed E-state index contributed by atoms with van der Waals surface area (Å²) in [5.74, 6) is 0.315. The minimum absolute atomic E-state index is 0.0333. The van der Waals surface area contributed by atoms with Crippen molar-refractivity contribution in [3.8, 4) is 11.6 Å². The molecule has 0 spiro atoms. The summed E-state index contributed by atoms with van der Waals surface area (Å²) in [4.78, 5) is 7.57. The number of hydrogen-bond acceptors (Lipinski definition) is 5. The topological polar surface area (TPSA) is 56.3 Å². The average Bonchev–Trinajstić information content (AvgIpc) is 3.09. The highest BCUT2D eigenvalue weighted by Gasteiger charge is 2.36. The predicted molar refractivity (Wildman–Crippen MR) is 90.8 cm³/mol. The quantitative estimate of drug-likeness (QED) is 0.782. The number of aromatic nitrogens is 2. The van der Waals surface area contributed by atoms with Crippen LogP contribution in [0.4, 0.5) is 24.8 Å². The van der Waals surface area contributed by atoms with Gasteiger partial charge in [-0.3, -0.25) is 0 Å². The van der Waals surface area contributed by atoms with Gasteiger partial charge in [-0.1, -0.05) is 0 Å². The molecule has 0 radical (unpaired) electrons. The molecule has 0 amide bonds. The van der Waals surface area contributed by atoms with Crippen molar-refractivity contribution in [1.29, 1.82) is 0 Å². The summed E-state index contributed by atoms with van der Waals surface area (Å²) in [5, 5.41) is 2.88. The second kappa shape index (κ2) is 7.80. The Kier molecular flexibility index (Phi) is 5.49. The average molecular weight is 367 g/mol. The molecule has 0 saturated heterocycles. The first-order chi connectivity index (χ1) is 12.5. The van der Waals surface area contributed by atoms with E-state index in [2.05, 4.69) is 15.3 Å². The van der Waals surface area contributed by atoms with E-state index in [9.17, 15) is 13.2 Å². The molecule has 0 atom stereocenters. The van der Waals surface area contributed by atoms with E-state index >= 15 is 0 Å². The first kappa shape index (κ1) is 18.3. The van der Waals surface area contributed by atoms with Gasteiger partial charge in [0.05, 0.1) is 12.7 Å². The van der Waals surface area contributed by atoms with Crippen LogP contribution in [-0.2, 0) is 6.18 Å². The molecule has 1 N–H and O–H groups in total. The molecule has 1 aromatic heterocycles. The highest BCUT2D eigenvalue weighted by molar-refractivity contribution is 5.55. The summed E-state index contributed by atoms with van der Waals surface area (Å²) in [6.45, 7) is 1.67. The third kappa shape index (κ3) is 4.56. The van der Waals surface area contributed by atoms with Crippen LogP contribution in [0.2, 0.25) is 0 Å². The lowest BCUT2D eigenvalue weighted by atomic mass is 10.2. The molecule has 0 aliphatic heterocycles. The molecular weight excluding hydrogens is 347 g/mol. The molecular formula is C18H20F3N3O2. The number of alkyl halides is 3. The van der Waals surface area contributed by atoms with Crippen molar-refractivity contribution in [3.05, 3.63) is 36.0 Å². The molecule has 5 nitrogen and oxygen atoms in total. The van der Waals surface area contributed by atoms with Gasteiger partial charge in [-0.05, 0) is 56.9 Å². The Balaban J connectivity index is 1.70. The maximum absolute atomic E-state index is 12.9. The number of rotatable bonds is 6. The van der Waals surface area contributed by atoms with E-state index in [1.54, 1.807) is 19.1 Å². The van der Waals surface area contributed by atoms with Crippen molar-refractivity contribution in [2.75, 3.05) is 11.9 Å². The fraction of sp³-hybridized carbons (Fsp3) is 0.444. The minimum Gasteiger partial charge on any atom is -0.490 e. The van der Waals surface area contributed by atoms with Crippen LogP contribution in [0.25, 0.3) is 0 Å².